The van der Waals surface area contributed by atoms with Crippen LogP contribution < -0.4 is 16.0 Å². The molecular weight excluding hydrogens is 406 g/mol. The number of allylic oxidation sites excluding steroid dienone is 3. The molecule has 0 spiro atoms. The molecule has 158 valence electrons. The van der Waals surface area contributed by atoms with Crippen molar-refractivity contribution in [2.75, 3.05) is 18.5 Å². The third-order valence-corrected chi connectivity index (χ3v) is 6.02. The third kappa shape index (κ3) is 4.60. The van der Waals surface area contributed by atoms with Gasteiger partial charge in [-0.15, -0.1) is 11.3 Å². The predicted octanol–water partition coefficient (Wildman–Crippen LogP) is 2.74. The van der Waals surface area contributed by atoms with Crippen molar-refractivity contribution in [2.24, 2.45) is 5.92 Å². The number of carbonyl (C=O) groups is 2. The fraction of sp³-hybridized carbons (Fsp3) is 0.400. The van der Waals surface area contributed by atoms with E-state index < -0.39 is 12.1 Å². The van der Waals surface area contributed by atoms with Crippen molar-refractivity contribution in [3.8, 4) is 0 Å². The molecule has 1 unspecified atom stereocenters. The van der Waals surface area contributed by atoms with Gasteiger partial charge in [-0.2, -0.15) is 0 Å². The van der Waals surface area contributed by atoms with Gasteiger partial charge in [0.05, 0.1) is 40.7 Å². The van der Waals surface area contributed by atoms with E-state index in [0.717, 1.165) is 16.8 Å². The summed E-state index contributed by atoms with van der Waals surface area (Å²) in [5.41, 5.74) is 1.84. The van der Waals surface area contributed by atoms with Gasteiger partial charge in [-0.25, -0.2) is 14.8 Å². The second-order valence-electron chi connectivity index (χ2n) is 7.41. The Morgan fingerprint density at radius 3 is 2.97 bits per heavy atom. The van der Waals surface area contributed by atoms with Crippen LogP contribution in [0.4, 0.5) is 10.7 Å². The van der Waals surface area contributed by atoms with Crippen LogP contribution in [0.15, 0.2) is 35.5 Å². The molecule has 0 bridgehead atoms. The monoisotopic (exact) mass is 429 g/mol. The van der Waals surface area contributed by atoms with Crippen LogP contribution in [-0.4, -0.2) is 52.4 Å². The summed E-state index contributed by atoms with van der Waals surface area (Å²) in [6.45, 7) is 2.92. The molecule has 1 saturated heterocycles. The number of fused-ring (bicyclic) bond motifs is 1. The van der Waals surface area contributed by atoms with Crippen LogP contribution >= 0.6 is 11.3 Å². The van der Waals surface area contributed by atoms with E-state index in [0.29, 0.717) is 36.0 Å². The van der Waals surface area contributed by atoms with Crippen LogP contribution in [0.2, 0.25) is 0 Å². The van der Waals surface area contributed by atoms with Crippen molar-refractivity contribution in [3.05, 3.63) is 41.1 Å². The first-order chi connectivity index (χ1) is 14.5. The van der Waals surface area contributed by atoms with Crippen LogP contribution in [0.3, 0.4) is 0 Å². The van der Waals surface area contributed by atoms with Crippen LogP contribution in [0.25, 0.3) is 10.2 Å². The van der Waals surface area contributed by atoms with Gasteiger partial charge in [0.2, 0.25) is 5.95 Å². The van der Waals surface area contributed by atoms with Crippen LogP contribution in [0.1, 0.15) is 30.1 Å². The lowest BCUT2D eigenvalue weighted by atomic mass is 10.0. The van der Waals surface area contributed by atoms with E-state index in [2.05, 4.69) is 38.9 Å². The summed E-state index contributed by atoms with van der Waals surface area (Å²) < 4.78 is 6.17. The Morgan fingerprint density at radius 2 is 2.20 bits per heavy atom. The van der Waals surface area contributed by atoms with Gasteiger partial charge in [0.15, 0.2) is 0 Å². The highest BCUT2D eigenvalue weighted by molar-refractivity contribution is 7.17. The summed E-state index contributed by atoms with van der Waals surface area (Å²) in [7, 11) is 0. The zero-order chi connectivity index (χ0) is 21.1. The van der Waals surface area contributed by atoms with Crippen molar-refractivity contribution in [1.82, 2.24) is 20.6 Å². The van der Waals surface area contributed by atoms with Gasteiger partial charge < -0.3 is 25.8 Å². The fourth-order valence-electron chi connectivity index (χ4n) is 3.45. The second-order valence-corrected chi connectivity index (χ2v) is 8.32. The number of carbonyl (C=O) groups excluding carboxylic acids is 1. The lowest BCUT2D eigenvalue weighted by molar-refractivity contribution is 0.0625. The van der Waals surface area contributed by atoms with E-state index in [4.69, 9.17) is 9.84 Å². The molecule has 0 aromatic carbocycles. The van der Waals surface area contributed by atoms with E-state index in [1.165, 1.54) is 11.3 Å². The average molecular weight is 430 g/mol. The molecule has 10 heteroatoms. The largest absolute Gasteiger partial charge is 0.465 e. The first-order valence-corrected chi connectivity index (χ1v) is 10.7. The van der Waals surface area contributed by atoms with Crippen LogP contribution in [0, 0.1) is 5.92 Å². The minimum Gasteiger partial charge on any atom is -0.465 e. The fourth-order valence-corrected chi connectivity index (χ4v) is 4.30. The van der Waals surface area contributed by atoms with Crippen molar-refractivity contribution >= 4 is 39.5 Å². The number of amides is 2. The van der Waals surface area contributed by atoms with Crippen LogP contribution in [0.5, 0.6) is 0 Å². The number of ether oxygens (including phenoxy) is 1. The lowest BCUT2D eigenvalue weighted by Crippen LogP contribution is -2.52. The van der Waals surface area contributed by atoms with Crippen molar-refractivity contribution < 1.29 is 19.4 Å². The lowest BCUT2D eigenvalue weighted by Gasteiger charge is -2.31. The number of hydrogen-bond donors (Lipinski definition) is 4. The molecule has 9 nitrogen and oxygen atoms in total. The van der Waals surface area contributed by atoms with E-state index in [1.807, 2.05) is 12.2 Å². The topological polar surface area (TPSA) is 125 Å². The number of hydrogen-bond acceptors (Lipinski definition) is 7. The SMILES string of the molecule is CC1C=CC(NC(=O)c2csc3cnc(N[C@@H]4CCOC[C@@H]4NC(=O)O)nc23)=CC1. The van der Waals surface area contributed by atoms with Crippen molar-refractivity contribution in [1.29, 1.82) is 0 Å². The van der Waals surface area contributed by atoms with E-state index in [9.17, 15) is 9.59 Å². The zero-order valence-corrected chi connectivity index (χ0v) is 17.2. The number of carboxylic acid groups (broad SMARTS) is 1. The van der Waals surface area contributed by atoms with Crippen molar-refractivity contribution in [3.63, 3.8) is 0 Å². The number of anilines is 1. The number of thiophene rings is 1. The molecule has 3 atom stereocenters. The molecule has 0 radical (unpaired) electrons. The molecule has 0 saturated carbocycles. The standard InChI is InChI=1S/C20H23N5O4S/c1-11-2-4-12(5-3-11)22-18(26)13-10-30-16-8-21-19(25-17(13)16)23-14-6-7-29-9-15(14)24-20(27)28/h2,4-5,8,10-11,14-15,24H,3,6-7,9H2,1H3,(H,22,26)(H,27,28)(H,21,23,25)/t11?,14-,15+/m1/s1. The number of nitrogens with one attached hydrogen (secondary N) is 3. The van der Waals surface area contributed by atoms with Gasteiger partial charge in [0.1, 0.15) is 0 Å². The molecule has 3 heterocycles. The highest BCUT2D eigenvalue weighted by atomic mass is 32.1. The first kappa shape index (κ1) is 20.3. The Labute approximate surface area is 177 Å². The molecule has 2 amide bonds. The predicted molar refractivity (Wildman–Crippen MR) is 114 cm³/mol. The van der Waals surface area contributed by atoms with Crippen LogP contribution in [-0.2, 0) is 4.74 Å². The molecule has 30 heavy (non-hydrogen) atoms. The quantitative estimate of drug-likeness (QED) is 0.576. The molecule has 4 N–H and O–H groups in total. The van der Waals surface area contributed by atoms with Gasteiger partial charge in [-0.05, 0) is 24.8 Å². The summed E-state index contributed by atoms with van der Waals surface area (Å²) in [5.74, 6) is 0.608. The highest BCUT2D eigenvalue weighted by Gasteiger charge is 2.28. The smallest absolute Gasteiger partial charge is 0.405 e. The van der Waals surface area contributed by atoms with Gasteiger partial charge >= 0.3 is 6.09 Å². The molecule has 4 rings (SSSR count). The average Bonchev–Trinajstić information content (AvgIpc) is 3.14. The number of aromatic nitrogens is 2. The van der Waals surface area contributed by atoms with E-state index in [1.54, 1.807) is 11.6 Å². The molecule has 1 fully saturated rings. The van der Waals surface area contributed by atoms with Gasteiger partial charge in [-0.1, -0.05) is 19.1 Å². The summed E-state index contributed by atoms with van der Waals surface area (Å²) >= 11 is 1.41. The summed E-state index contributed by atoms with van der Waals surface area (Å²) in [4.78, 5) is 32.7. The van der Waals surface area contributed by atoms with E-state index >= 15 is 0 Å². The summed E-state index contributed by atoms with van der Waals surface area (Å²) in [6, 6.07) is -0.615. The Morgan fingerprint density at radius 1 is 1.33 bits per heavy atom. The maximum Gasteiger partial charge on any atom is 0.405 e. The maximum absolute atomic E-state index is 12.8. The highest BCUT2D eigenvalue weighted by Crippen LogP contribution is 2.26. The Kier molecular flexibility index (Phi) is 5.96. The van der Waals surface area contributed by atoms with Gasteiger partial charge in [0.25, 0.3) is 5.91 Å². The zero-order valence-electron chi connectivity index (χ0n) is 16.4. The summed E-state index contributed by atoms with van der Waals surface area (Å²) in [5, 5.41) is 19.4. The molecule has 1 aliphatic heterocycles. The van der Waals surface area contributed by atoms with Gasteiger partial charge in [-0.3, -0.25) is 4.79 Å². The molecular formula is C20H23N5O4S. The van der Waals surface area contributed by atoms with E-state index in [-0.39, 0.29) is 18.6 Å². The maximum atomic E-state index is 12.8. The normalized spacial score (nSPS) is 23.6. The minimum atomic E-state index is -1.11. The molecule has 2 aromatic heterocycles. The van der Waals surface area contributed by atoms with Gasteiger partial charge in [0, 0.05) is 17.7 Å². The Hall–Kier alpha value is -2.98. The van der Waals surface area contributed by atoms with Crippen molar-refractivity contribution in [2.45, 2.75) is 31.8 Å². The number of rotatable bonds is 5. The molecule has 2 aliphatic rings. The summed E-state index contributed by atoms with van der Waals surface area (Å²) in [6.07, 6.45) is 8.08. The third-order valence-electron chi connectivity index (χ3n) is 5.11. The second kappa shape index (κ2) is 8.80. The Bertz CT molecular complexity index is 1020. The molecule has 2 aromatic rings. The minimum absolute atomic E-state index is 0.206. The number of nitrogens with zero attached hydrogens (tertiary/aromatic N) is 2. The first-order valence-electron chi connectivity index (χ1n) is 9.77. The molecule has 1 aliphatic carbocycles. The Balaban J connectivity index is 1.51.